The lowest BCUT2D eigenvalue weighted by Crippen LogP contribution is -2.50. The van der Waals surface area contributed by atoms with E-state index >= 15 is 0 Å². The van der Waals surface area contributed by atoms with Crippen molar-refractivity contribution in [1.82, 2.24) is 30.4 Å². The van der Waals surface area contributed by atoms with E-state index in [1.54, 1.807) is 24.0 Å². The van der Waals surface area contributed by atoms with Crippen molar-refractivity contribution < 1.29 is 27.8 Å². The Balaban J connectivity index is 1.43. The van der Waals surface area contributed by atoms with Gasteiger partial charge in [-0.15, -0.1) is 0 Å². The van der Waals surface area contributed by atoms with E-state index in [1.807, 2.05) is 0 Å². The lowest BCUT2D eigenvalue weighted by atomic mass is 9.88. The number of amides is 2. The van der Waals surface area contributed by atoms with Gasteiger partial charge in [0.15, 0.2) is 14.0 Å². The van der Waals surface area contributed by atoms with Gasteiger partial charge in [-0.05, 0) is 78.2 Å². The van der Waals surface area contributed by atoms with Crippen LogP contribution in [0.15, 0.2) is 29.3 Å². The number of carbonyl (C=O) groups excluding carboxylic acids is 2. The predicted octanol–water partition coefficient (Wildman–Crippen LogP) is 6.07. The van der Waals surface area contributed by atoms with Gasteiger partial charge < -0.3 is 19.8 Å². The number of aromatic nitrogens is 5. The van der Waals surface area contributed by atoms with Crippen molar-refractivity contribution in [2.24, 2.45) is 17.8 Å². The molecule has 256 valence electrons. The molecule has 47 heavy (non-hydrogen) atoms. The molecule has 2 saturated carbocycles. The molecule has 0 aliphatic heterocycles. The van der Waals surface area contributed by atoms with Crippen LogP contribution in [0.4, 0.5) is 10.1 Å². The number of carbonyl (C=O) groups is 2. The van der Waals surface area contributed by atoms with Crippen molar-refractivity contribution in [2.45, 2.75) is 103 Å². The van der Waals surface area contributed by atoms with Gasteiger partial charge in [-0.3, -0.25) is 14.3 Å². The van der Waals surface area contributed by atoms with Crippen LogP contribution in [0.2, 0.25) is 16.6 Å². The van der Waals surface area contributed by atoms with Crippen LogP contribution in [0, 0.1) is 30.5 Å². The monoisotopic (exact) mass is 669 g/mol. The van der Waals surface area contributed by atoms with Gasteiger partial charge in [0.1, 0.15) is 23.6 Å². The highest BCUT2D eigenvalue weighted by Crippen LogP contribution is 2.51. The molecule has 0 saturated heterocycles. The quantitative estimate of drug-likeness (QED) is 0.174. The van der Waals surface area contributed by atoms with Crippen molar-refractivity contribution in [3.63, 3.8) is 0 Å². The van der Waals surface area contributed by atoms with Gasteiger partial charge in [-0.2, -0.15) is 5.10 Å². The lowest BCUT2D eigenvalue weighted by molar-refractivity contribution is -0.119. The minimum absolute atomic E-state index is 0.0131. The minimum Gasteiger partial charge on any atom is -0.481 e. The molecule has 0 spiro atoms. The van der Waals surface area contributed by atoms with E-state index in [9.17, 15) is 14.0 Å². The highest BCUT2D eigenvalue weighted by Gasteiger charge is 2.49. The van der Waals surface area contributed by atoms with E-state index in [-0.39, 0.29) is 30.0 Å². The van der Waals surface area contributed by atoms with Crippen LogP contribution in [-0.4, -0.2) is 65.0 Å². The molecule has 0 aromatic carbocycles. The molecule has 12 nitrogen and oxygen atoms in total. The van der Waals surface area contributed by atoms with E-state index in [2.05, 4.69) is 72.6 Å². The number of halogens is 1. The highest BCUT2D eigenvalue weighted by atomic mass is 28.4. The average molecular weight is 670 g/mol. The molecule has 2 atom stereocenters. The molecule has 3 heterocycles. The number of nitrogens with zero attached hydrogens (tertiary/aromatic N) is 5. The molecule has 5 rings (SSSR count). The first-order valence-corrected chi connectivity index (χ1v) is 18.8. The van der Waals surface area contributed by atoms with Gasteiger partial charge in [0.05, 0.1) is 31.8 Å². The van der Waals surface area contributed by atoms with E-state index in [1.165, 1.54) is 13.2 Å². The Morgan fingerprint density at radius 1 is 1.04 bits per heavy atom. The summed E-state index contributed by atoms with van der Waals surface area (Å²) in [5, 5.41) is 18.0. The molecule has 1 unspecified atom stereocenters. The molecule has 14 heteroatoms. The smallest absolute Gasteiger partial charge is 0.276 e. The Morgan fingerprint density at radius 3 is 2.21 bits per heavy atom. The molecule has 2 N–H and O–H groups in total. The van der Waals surface area contributed by atoms with Gasteiger partial charge in [0.25, 0.3) is 5.91 Å². The summed E-state index contributed by atoms with van der Waals surface area (Å²) >= 11 is 0. The second kappa shape index (κ2) is 14.2. The van der Waals surface area contributed by atoms with Gasteiger partial charge in [0.2, 0.25) is 11.8 Å². The number of hydrogen-bond donors (Lipinski definition) is 2. The van der Waals surface area contributed by atoms with Crippen molar-refractivity contribution in [3.05, 3.63) is 47.4 Å². The van der Waals surface area contributed by atoms with E-state index in [0.717, 1.165) is 31.9 Å². The van der Waals surface area contributed by atoms with Crippen molar-refractivity contribution >= 4 is 25.8 Å². The fourth-order valence-electron chi connectivity index (χ4n) is 7.55. The van der Waals surface area contributed by atoms with Crippen LogP contribution >= 0.6 is 0 Å². The number of rotatable bonds is 16. The summed E-state index contributed by atoms with van der Waals surface area (Å²) in [5.41, 5.74) is 2.33. The summed E-state index contributed by atoms with van der Waals surface area (Å²) in [7, 11) is -0.826. The number of hydrogen-bond acceptors (Lipinski definition) is 9. The molecular weight excluding hydrogens is 621 g/mol. The minimum atomic E-state index is -2.32. The summed E-state index contributed by atoms with van der Waals surface area (Å²) in [5.74, 6) is -0.308. The molecule has 2 fully saturated rings. The molecular formula is C33H48FN7O5Si. The number of aryl methyl sites for hydroxylation is 1. The standard InChI is InChI=1S/C33H48FN7O5Si/c1-18(2)47(19(3)4,20(5)6)45-17-27(26-13-24(34)14-35-33(26)44-8)41-16-25(15-36-41)37-32(43)30(28(22-9-10-22)23-11-12-23)38-31(42)29-21(7)39-46-40-29/h13-16,18-20,22-23,27-28,30H,9-12,17H2,1-8H3,(H,37,43)(H,38,42)/t27?,30-/m0/s1. The number of anilines is 1. The Bertz CT molecular complexity index is 1520. The summed E-state index contributed by atoms with van der Waals surface area (Å²) in [6.45, 7) is 15.1. The number of pyridine rings is 1. The third kappa shape index (κ3) is 7.43. The third-order valence-electron chi connectivity index (χ3n) is 9.94. The van der Waals surface area contributed by atoms with Crippen LogP contribution in [0.1, 0.15) is 95.0 Å². The maximum absolute atomic E-state index is 14.6. The third-order valence-corrected chi connectivity index (χ3v) is 16.0. The van der Waals surface area contributed by atoms with Crippen LogP contribution in [0.5, 0.6) is 5.88 Å². The lowest BCUT2D eigenvalue weighted by Gasteiger charge is -2.43. The zero-order valence-electron chi connectivity index (χ0n) is 28.6. The zero-order valence-corrected chi connectivity index (χ0v) is 29.6. The van der Waals surface area contributed by atoms with Crippen LogP contribution in [-0.2, 0) is 9.22 Å². The van der Waals surface area contributed by atoms with E-state index < -0.39 is 32.1 Å². The second-order valence-electron chi connectivity index (χ2n) is 14.0. The predicted molar refractivity (Wildman–Crippen MR) is 176 cm³/mol. The summed E-state index contributed by atoms with van der Waals surface area (Å²) in [6.07, 6.45) is 8.49. The van der Waals surface area contributed by atoms with Crippen molar-refractivity contribution in [2.75, 3.05) is 19.0 Å². The second-order valence-corrected chi connectivity index (χ2v) is 19.5. The van der Waals surface area contributed by atoms with Crippen LogP contribution < -0.4 is 15.4 Å². The number of nitrogens with one attached hydrogen (secondary N) is 2. The molecule has 2 aliphatic rings. The van der Waals surface area contributed by atoms with E-state index in [0.29, 0.717) is 45.4 Å². The molecule has 0 radical (unpaired) electrons. The Kier molecular flexibility index (Phi) is 10.5. The Hall–Kier alpha value is -3.65. The fraction of sp³-hybridized carbons (Fsp3) is 0.636. The zero-order chi connectivity index (χ0) is 34.0. The summed E-state index contributed by atoms with van der Waals surface area (Å²) in [4.78, 5) is 31.3. The SMILES string of the molecule is COc1ncc(F)cc1C(CO[Si](C(C)C)(C(C)C)C(C)C)n1cc(NC(=O)[C@@H](NC(=O)c2nonc2C)C(C2CC2)C2CC2)cn1. The molecule has 2 amide bonds. The largest absolute Gasteiger partial charge is 0.481 e. The first-order valence-electron chi connectivity index (χ1n) is 16.7. The summed E-state index contributed by atoms with van der Waals surface area (Å²) < 4.78 is 33.5. The first kappa shape index (κ1) is 34.7. The molecule has 2 aliphatic carbocycles. The van der Waals surface area contributed by atoms with Gasteiger partial charge in [0, 0.05) is 11.8 Å². The normalized spacial score (nSPS) is 16.6. The average Bonchev–Trinajstić information content (AvgIpc) is 3.95. The fourth-order valence-corrected chi connectivity index (χ4v) is 13.0. The first-order chi connectivity index (χ1) is 22.4. The van der Waals surface area contributed by atoms with Crippen molar-refractivity contribution in [1.29, 1.82) is 0 Å². The topological polar surface area (TPSA) is 146 Å². The van der Waals surface area contributed by atoms with E-state index in [4.69, 9.17) is 13.8 Å². The number of methoxy groups -OCH3 is 1. The van der Waals surface area contributed by atoms with Gasteiger partial charge >= 0.3 is 0 Å². The highest BCUT2D eigenvalue weighted by molar-refractivity contribution is 6.77. The molecule has 3 aromatic heterocycles. The van der Waals surface area contributed by atoms with Crippen LogP contribution in [0.25, 0.3) is 0 Å². The van der Waals surface area contributed by atoms with Gasteiger partial charge in [-0.25, -0.2) is 14.0 Å². The maximum atomic E-state index is 14.6. The van der Waals surface area contributed by atoms with Gasteiger partial charge in [-0.1, -0.05) is 46.7 Å². The Labute approximate surface area is 276 Å². The molecule has 3 aromatic rings. The Morgan fingerprint density at radius 2 is 1.68 bits per heavy atom. The summed E-state index contributed by atoms with van der Waals surface area (Å²) in [6, 6.07) is 0.0276. The molecule has 0 bridgehead atoms. The van der Waals surface area contributed by atoms with Crippen molar-refractivity contribution in [3.8, 4) is 5.88 Å². The van der Waals surface area contributed by atoms with Crippen LogP contribution in [0.3, 0.4) is 0 Å². The number of ether oxygens (including phenoxy) is 1. The maximum Gasteiger partial charge on any atom is 0.276 e.